The van der Waals surface area contributed by atoms with Crippen LogP contribution in [0.5, 0.6) is 0 Å². The zero-order valence-corrected chi connectivity index (χ0v) is 20.7. The SMILES string of the molecule is Cc1ccc(N=Nc2ccc(N(C)C)cc2Nc2nc(F)nc(NCCC[N+](C)(C)C)n2)cc1. The van der Waals surface area contributed by atoms with Gasteiger partial charge in [-0.3, -0.25) is 0 Å². The number of nitrogens with zero attached hydrogens (tertiary/aromatic N) is 7. The van der Waals surface area contributed by atoms with Crippen molar-refractivity contribution in [3.05, 3.63) is 54.1 Å². The molecule has 0 radical (unpaired) electrons. The van der Waals surface area contributed by atoms with Crippen molar-refractivity contribution in [2.45, 2.75) is 13.3 Å². The minimum atomic E-state index is -0.863. The number of halogens is 1. The molecule has 0 fully saturated rings. The van der Waals surface area contributed by atoms with Crippen LogP contribution in [0, 0.1) is 13.0 Å². The van der Waals surface area contributed by atoms with Gasteiger partial charge in [0.25, 0.3) is 0 Å². The van der Waals surface area contributed by atoms with Crippen LogP contribution in [0.15, 0.2) is 52.7 Å². The lowest BCUT2D eigenvalue weighted by Crippen LogP contribution is -2.36. The predicted molar refractivity (Wildman–Crippen MR) is 135 cm³/mol. The first-order valence-corrected chi connectivity index (χ1v) is 11.1. The Morgan fingerprint density at radius 2 is 1.65 bits per heavy atom. The molecule has 180 valence electrons. The number of aryl methyl sites for hydroxylation is 1. The molecule has 3 aromatic rings. The van der Waals surface area contributed by atoms with Crippen LogP contribution >= 0.6 is 0 Å². The summed E-state index contributed by atoms with van der Waals surface area (Å²) in [6.45, 7) is 3.62. The predicted octanol–water partition coefficient (Wildman–Crippen LogP) is 5.05. The number of azo groups is 1. The Balaban J connectivity index is 1.82. The Kier molecular flexibility index (Phi) is 8.06. The molecule has 0 amide bonds. The van der Waals surface area contributed by atoms with Crippen molar-refractivity contribution in [3.8, 4) is 0 Å². The first-order valence-electron chi connectivity index (χ1n) is 11.1. The molecule has 1 aromatic heterocycles. The van der Waals surface area contributed by atoms with Gasteiger partial charge >= 0.3 is 6.08 Å². The van der Waals surface area contributed by atoms with Gasteiger partial charge in [-0.2, -0.15) is 24.5 Å². The van der Waals surface area contributed by atoms with Crippen molar-refractivity contribution in [2.75, 3.05) is 63.9 Å². The van der Waals surface area contributed by atoms with E-state index in [1.165, 1.54) is 0 Å². The number of anilines is 4. The van der Waals surface area contributed by atoms with Gasteiger partial charge in [0.15, 0.2) is 0 Å². The van der Waals surface area contributed by atoms with Gasteiger partial charge in [0.2, 0.25) is 11.9 Å². The van der Waals surface area contributed by atoms with Crippen LogP contribution in [0.3, 0.4) is 0 Å². The number of benzene rings is 2. The number of hydrogen-bond acceptors (Lipinski definition) is 8. The van der Waals surface area contributed by atoms with Crippen molar-refractivity contribution in [1.29, 1.82) is 0 Å². The fourth-order valence-corrected chi connectivity index (χ4v) is 3.07. The Bertz CT molecular complexity index is 1120. The van der Waals surface area contributed by atoms with Gasteiger partial charge in [-0.05, 0) is 37.3 Å². The maximum absolute atomic E-state index is 14.1. The molecule has 1 heterocycles. The largest absolute Gasteiger partial charge is 0.378 e. The molecule has 0 spiro atoms. The lowest BCUT2D eigenvalue weighted by molar-refractivity contribution is -0.870. The second kappa shape index (κ2) is 11.0. The maximum atomic E-state index is 14.1. The average molecular weight is 467 g/mol. The highest BCUT2D eigenvalue weighted by molar-refractivity contribution is 5.74. The molecule has 0 bridgehead atoms. The van der Waals surface area contributed by atoms with Gasteiger partial charge in [-0.15, -0.1) is 5.11 Å². The monoisotopic (exact) mass is 466 g/mol. The summed E-state index contributed by atoms with van der Waals surface area (Å²) in [6, 6.07) is 13.4. The first kappa shape index (κ1) is 25.0. The molecule has 9 nitrogen and oxygen atoms in total. The van der Waals surface area contributed by atoms with Crippen LogP contribution in [0.25, 0.3) is 0 Å². The molecule has 0 aliphatic rings. The molecular weight excluding hydrogens is 433 g/mol. The van der Waals surface area contributed by atoms with Crippen LogP contribution in [-0.4, -0.2) is 67.8 Å². The number of aromatic nitrogens is 3. The van der Waals surface area contributed by atoms with Crippen LogP contribution in [0.2, 0.25) is 0 Å². The summed E-state index contributed by atoms with van der Waals surface area (Å²) in [6.07, 6.45) is 0.0340. The molecule has 0 atom stereocenters. The number of nitrogens with one attached hydrogen (secondary N) is 2. The number of rotatable bonds is 10. The summed E-state index contributed by atoms with van der Waals surface area (Å²) >= 11 is 0. The Hall–Kier alpha value is -3.66. The van der Waals surface area contributed by atoms with Gasteiger partial charge in [-0.1, -0.05) is 17.7 Å². The normalized spacial score (nSPS) is 11.6. The van der Waals surface area contributed by atoms with Gasteiger partial charge in [0.05, 0.1) is 39.1 Å². The lowest BCUT2D eigenvalue weighted by Gasteiger charge is -2.23. The highest BCUT2D eigenvalue weighted by Gasteiger charge is 2.12. The fraction of sp³-hybridized carbons (Fsp3) is 0.375. The van der Waals surface area contributed by atoms with Gasteiger partial charge < -0.3 is 20.0 Å². The van der Waals surface area contributed by atoms with Crippen molar-refractivity contribution < 1.29 is 8.87 Å². The third kappa shape index (κ3) is 7.73. The van der Waals surface area contributed by atoms with E-state index in [-0.39, 0.29) is 11.9 Å². The highest BCUT2D eigenvalue weighted by atomic mass is 19.1. The second-order valence-corrected chi connectivity index (χ2v) is 9.30. The number of hydrogen-bond donors (Lipinski definition) is 2. The first-order chi connectivity index (χ1) is 16.1. The van der Waals surface area contributed by atoms with Crippen LogP contribution in [0.1, 0.15) is 12.0 Å². The summed E-state index contributed by atoms with van der Waals surface area (Å²) in [4.78, 5) is 13.9. The smallest absolute Gasteiger partial charge is 0.315 e. The molecule has 10 heteroatoms. The lowest BCUT2D eigenvalue weighted by atomic mass is 10.2. The van der Waals surface area contributed by atoms with Crippen molar-refractivity contribution >= 4 is 34.6 Å². The topological polar surface area (TPSA) is 90.7 Å². The molecule has 0 saturated carbocycles. The molecular formula is C24H33FN9+. The average Bonchev–Trinajstić information content (AvgIpc) is 2.76. The Morgan fingerprint density at radius 3 is 2.32 bits per heavy atom. The molecule has 0 unspecified atom stereocenters. The maximum Gasteiger partial charge on any atom is 0.315 e. The summed E-state index contributed by atoms with van der Waals surface area (Å²) in [7, 11) is 10.3. The Labute approximate surface area is 200 Å². The molecule has 34 heavy (non-hydrogen) atoms. The third-order valence-electron chi connectivity index (χ3n) is 4.95. The summed E-state index contributed by atoms with van der Waals surface area (Å²) in [5.74, 6) is 0.271. The summed E-state index contributed by atoms with van der Waals surface area (Å²) in [5.41, 5.74) is 3.99. The van der Waals surface area contributed by atoms with E-state index in [1.807, 2.05) is 68.4 Å². The van der Waals surface area contributed by atoms with Crippen LogP contribution in [-0.2, 0) is 0 Å². The molecule has 3 rings (SSSR count). The van der Waals surface area contributed by atoms with Gasteiger partial charge in [-0.25, -0.2) is 0 Å². The van der Waals surface area contributed by atoms with Crippen molar-refractivity contribution in [3.63, 3.8) is 0 Å². The quantitative estimate of drug-likeness (QED) is 0.247. The van der Waals surface area contributed by atoms with E-state index >= 15 is 0 Å². The van der Waals surface area contributed by atoms with Crippen LogP contribution < -0.4 is 15.5 Å². The van der Waals surface area contributed by atoms with E-state index in [4.69, 9.17) is 0 Å². The van der Waals surface area contributed by atoms with E-state index in [0.717, 1.165) is 34.4 Å². The van der Waals surface area contributed by atoms with E-state index in [0.29, 0.717) is 17.9 Å². The van der Waals surface area contributed by atoms with Crippen molar-refractivity contribution in [2.24, 2.45) is 10.2 Å². The molecule has 0 aliphatic carbocycles. The van der Waals surface area contributed by atoms with Gasteiger partial charge in [0.1, 0.15) is 5.69 Å². The van der Waals surface area contributed by atoms with E-state index < -0.39 is 6.08 Å². The van der Waals surface area contributed by atoms with Crippen molar-refractivity contribution in [1.82, 2.24) is 15.0 Å². The van der Waals surface area contributed by atoms with Crippen LogP contribution in [0.4, 0.5) is 39.0 Å². The third-order valence-corrected chi connectivity index (χ3v) is 4.95. The zero-order chi connectivity index (χ0) is 24.7. The zero-order valence-electron chi connectivity index (χ0n) is 20.7. The van der Waals surface area contributed by atoms with E-state index in [1.54, 1.807) is 0 Å². The summed E-state index contributed by atoms with van der Waals surface area (Å²) in [5, 5.41) is 14.9. The van der Waals surface area contributed by atoms with Gasteiger partial charge in [0, 0.05) is 32.7 Å². The minimum Gasteiger partial charge on any atom is -0.378 e. The fourth-order valence-electron chi connectivity index (χ4n) is 3.07. The Morgan fingerprint density at radius 1 is 0.941 bits per heavy atom. The molecule has 2 aromatic carbocycles. The highest BCUT2D eigenvalue weighted by Crippen LogP contribution is 2.32. The van der Waals surface area contributed by atoms with E-state index in [2.05, 4.69) is 57.0 Å². The standard InChI is InChI=1S/C24H33FN9/c1-17-8-10-18(11-9-17)31-32-20-13-12-19(33(2)3)16-21(20)27-24-29-22(25)28-23(30-24)26-14-7-15-34(4,5)6/h8-13,16H,7,14-15H2,1-6H3,(H2,26,27,28,29,30)/q+1. The second-order valence-electron chi connectivity index (χ2n) is 9.30. The van der Waals surface area contributed by atoms with E-state index in [9.17, 15) is 4.39 Å². The molecule has 0 aliphatic heterocycles. The summed E-state index contributed by atoms with van der Waals surface area (Å²) < 4.78 is 15.0. The molecule has 2 N–H and O–H groups in total. The number of quaternary nitrogens is 1. The molecule has 0 saturated heterocycles. The minimum absolute atomic E-state index is 0.0873.